The molecule has 5 heteroatoms. The Morgan fingerprint density at radius 3 is 2.86 bits per heavy atom. The number of nitrogens with zero attached hydrogens (tertiary/aromatic N) is 3. The highest BCUT2D eigenvalue weighted by Crippen LogP contribution is 2.28. The molecule has 0 amide bonds. The van der Waals surface area contributed by atoms with Gasteiger partial charge in [-0.25, -0.2) is 9.97 Å². The van der Waals surface area contributed by atoms with Gasteiger partial charge in [0.05, 0.1) is 19.3 Å². The minimum Gasteiger partial charge on any atom is -0.377 e. The molecule has 21 heavy (non-hydrogen) atoms. The molecule has 1 N–H and O–H groups in total. The van der Waals surface area contributed by atoms with E-state index in [1.807, 2.05) is 0 Å². The van der Waals surface area contributed by atoms with Crippen molar-refractivity contribution < 1.29 is 4.74 Å². The van der Waals surface area contributed by atoms with Crippen LogP contribution in [0.3, 0.4) is 0 Å². The summed E-state index contributed by atoms with van der Waals surface area (Å²) in [6.45, 7) is 10.0. The Kier molecular flexibility index (Phi) is 6.23. The number of ether oxygens (including phenoxy) is 1. The van der Waals surface area contributed by atoms with Gasteiger partial charge in [-0.15, -0.1) is 0 Å². The van der Waals surface area contributed by atoms with Gasteiger partial charge in [-0.2, -0.15) is 0 Å². The lowest BCUT2D eigenvalue weighted by Crippen LogP contribution is -2.46. The van der Waals surface area contributed by atoms with Crippen LogP contribution in [0.1, 0.15) is 45.6 Å². The topological polar surface area (TPSA) is 50.3 Å². The molecule has 1 aliphatic rings. The summed E-state index contributed by atoms with van der Waals surface area (Å²) in [4.78, 5) is 11.5. The van der Waals surface area contributed by atoms with Crippen molar-refractivity contribution in [2.45, 2.75) is 52.5 Å². The van der Waals surface area contributed by atoms with Crippen molar-refractivity contribution >= 4 is 11.6 Å². The number of rotatable bonds is 7. The van der Waals surface area contributed by atoms with Crippen LogP contribution in [-0.4, -0.2) is 42.3 Å². The smallest absolute Gasteiger partial charge is 0.137 e. The molecule has 1 atom stereocenters. The van der Waals surface area contributed by atoms with E-state index >= 15 is 0 Å². The maximum Gasteiger partial charge on any atom is 0.137 e. The zero-order valence-corrected chi connectivity index (χ0v) is 13.6. The van der Waals surface area contributed by atoms with E-state index < -0.39 is 0 Å². The first-order valence-electron chi connectivity index (χ1n) is 8.23. The van der Waals surface area contributed by atoms with Crippen LogP contribution in [0.2, 0.25) is 0 Å². The number of anilines is 2. The molecule has 2 heterocycles. The molecule has 1 aromatic rings. The number of hydrogen-bond donors (Lipinski definition) is 1. The predicted octanol–water partition coefficient (Wildman–Crippen LogP) is 2.87. The van der Waals surface area contributed by atoms with Gasteiger partial charge < -0.3 is 15.0 Å². The fourth-order valence-corrected chi connectivity index (χ4v) is 2.80. The summed E-state index contributed by atoms with van der Waals surface area (Å²) in [5.74, 6) is 2.10. The second kappa shape index (κ2) is 8.17. The van der Waals surface area contributed by atoms with E-state index in [9.17, 15) is 0 Å². The SMILES string of the molecule is CCCNc1ncnc(N2CCOCC2CC)c1CCC. The third kappa shape index (κ3) is 3.84. The summed E-state index contributed by atoms with van der Waals surface area (Å²) in [6.07, 6.45) is 5.97. The molecule has 1 unspecified atom stereocenters. The van der Waals surface area contributed by atoms with Crippen molar-refractivity contribution in [1.82, 2.24) is 9.97 Å². The lowest BCUT2D eigenvalue weighted by molar-refractivity contribution is 0.0924. The van der Waals surface area contributed by atoms with Crippen molar-refractivity contribution in [3.05, 3.63) is 11.9 Å². The highest BCUT2D eigenvalue weighted by molar-refractivity contribution is 5.59. The minimum atomic E-state index is 0.420. The first-order chi connectivity index (χ1) is 10.3. The van der Waals surface area contributed by atoms with Gasteiger partial charge in [0.25, 0.3) is 0 Å². The van der Waals surface area contributed by atoms with E-state index in [1.165, 1.54) is 5.56 Å². The van der Waals surface area contributed by atoms with E-state index in [4.69, 9.17) is 4.74 Å². The van der Waals surface area contributed by atoms with Crippen LogP contribution in [-0.2, 0) is 11.2 Å². The van der Waals surface area contributed by atoms with Crippen molar-refractivity contribution in [3.63, 3.8) is 0 Å². The van der Waals surface area contributed by atoms with Crippen molar-refractivity contribution in [2.24, 2.45) is 0 Å². The Morgan fingerprint density at radius 1 is 1.29 bits per heavy atom. The second-order valence-electron chi connectivity index (χ2n) is 5.53. The zero-order valence-electron chi connectivity index (χ0n) is 13.6. The Hall–Kier alpha value is -1.36. The Balaban J connectivity index is 2.31. The van der Waals surface area contributed by atoms with Crippen LogP contribution in [0.25, 0.3) is 0 Å². The van der Waals surface area contributed by atoms with Crippen LogP contribution in [0.15, 0.2) is 6.33 Å². The maximum absolute atomic E-state index is 5.62. The van der Waals surface area contributed by atoms with Gasteiger partial charge in [0.15, 0.2) is 0 Å². The maximum atomic E-state index is 5.62. The van der Waals surface area contributed by atoms with Crippen LogP contribution in [0.5, 0.6) is 0 Å². The number of nitrogens with one attached hydrogen (secondary N) is 1. The summed E-state index contributed by atoms with van der Waals surface area (Å²) in [5.41, 5.74) is 1.26. The van der Waals surface area contributed by atoms with E-state index in [0.29, 0.717) is 6.04 Å². The molecular formula is C16H28N4O. The van der Waals surface area contributed by atoms with Crippen molar-refractivity contribution in [3.8, 4) is 0 Å². The highest BCUT2D eigenvalue weighted by atomic mass is 16.5. The first-order valence-corrected chi connectivity index (χ1v) is 8.23. The standard InChI is InChI=1S/C16H28N4O/c1-4-7-14-15(17-8-5-2)18-12-19-16(14)20-9-10-21-11-13(20)6-3/h12-13H,4-11H2,1-3H3,(H,17,18,19). The molecule has 0 spiro atoms. The van der Waals surface area contributed by atoms with Crippen molar-refractivity contribution in [1.29, 1.82) is 0 Å². The normalized spacial score (nSPS) is 18.8. The van der Waals surface area contributed by atoms with Gasteiger partial charge in [-0.05, 0) is 19.3 Å². The molecule has 0 aromatic carbocycles. The number of hydrogen-bond acceptors (Lipinski definition) is 5. The summed E-state index contributed by atoms with van der Waals surface area (Å²) in [7, 11) is 0. The Bertz CT molecular complexity index is 438. The van der Waals surface area contributed by atoms with Crippen LogP contribution >= 0.6 is 0 Å². The lowest BCUT2D eigenvalue weighted by Gasteiger charge is -2.37. The molecule has 1 aliphatic heterocycles. The zero-order chi connectivity index (χ0) is 15.1. The van der Waals surface area contributed by atoms with E-state index in [0.717, 1.165) is 63.6 Å². The average Bonchev–Trinajstić information content (AvgIpc) is 2.54. The van der Waals surface area contributed by atoms with Gasteiger partial charge in [0.2, 0.25) is 0 Å². The molecule has 0 radical (unpaired) electrons. The largest absolute Gasteiger partial charge is 0.377 e. The number of aromatic nitrogens is 2. The van der Waals surface area contributed by atoms with Crippen LogP contribution < -0.4 is 10.2 Å². The average molecular weight is 292 g/mol. The van der Waals surface area contributed by atoms with Gasteiger partial charge >= 0.3 is 0 Å². The third-order valence-electron chi connectivity index (χ3n) is 3.94. The molecule has 1 fully saturated rings. The summed E-state index contributed by atoms with van der Waals surface area (Å²) < 4.78 is 5.62. The molecule has 2 rings (SSSR count). The summed E-state index contributed by atoms with van der Waals surface area (Å²) in [6, 6.07) is 0.420. The van der Waals surface area contributed by atoms with Gasteiger partial charge in [-0.1, -0.05) is 27.2 Å². The molecule has 0 bridgehead atoms. The third-order valence-corrected chi connectivity index (χ3v) is 3.94. The molecule has 0 saturated carbocycles. The van der Waals surface area contributed by atoms with E-state index in [2.05, 4.69) is 41.0 Å². The fourth-order valence-electron chi connectivity index (χ4n) is 2.80. The summed E-state index contributed by atoms with van der Waals surface area (Å²) >= 11 is 0. The highest BCUT2D eigenvalue weighted by Gasteiger charge is 2.25. The Morgan fingerprint density at radius 2 is 2.14 bits per heavy atom. The molecule has 0 aliphatic carbocycles. The van der Waals surface area contributed by atoms with Crippen LogP contribution in [0.4, 0.5) is 11.6 Å². The number of morpholine rings is 1. The van der Waals surface area contributed by atoms with Crippen molar-refractivity contribution in [2.75, 3.05) is 36.5 Å². The Labute approximate surface area is 128 Å². The molecule has 1 saturated heterocycles. The molecule has 1 aromatic heterocycles. The quantitative estimate of drug-likeness (QED) is 0.837. The fraction of sp³-hybridized carbons (Fsp3) is 0.750. The monoisotopic (exact) mass is 292 g/mol. The molecular weight excluding hydrogens is 264 g/mol. The molecule has 5 nitrogen and oxygen atoms in total. The predicted molar refractivity (Wildman–Crippen MR) is 87.1 cm³/mol. The minimum absolute atomic E-state index is 0.420. The van der Waals surface area contributed by atoms with Gasteiger partial charge in [0, 0.05) is 18.7 Å². The van der Waals surface area contributed by atoms with E-state index in [1.54, 1.807) is 6.33 Å². The second-order valence-corrected chi connectivity index (χ2v) is 5.53. The van der Waals surface area contributed by atoms with E-state index in [-0.39, 0.29) is 0 Å². The van der Waals surface area contributed by atoms with Crippen LogP contribution in [0, 0.1) is 0 Å². The lowest BCUT2D eigenvalue weighted by atomic mass is 10.1. The first kappa shape index (κ1) is 16.0. The summed E-state index contributed by atoms with van der Waals surface area (Å²) in [5, 5.41) is 3.45. The molecule has 118 valence electrons. The van der Waals surface area contributed by atoms with Gasteiger partial charge in [-0.3, -0.25) is 0 Å². The van der Waals surface area contributed by atoms with Gasteiger partial charge in [0.1, 0.15) is 18.0 Å².